The van der Waals surface area contributed by atoms with Gasteiger partial charge in [-0.05, 0) is 62.4 Å². The number of hydrogen-bond donors (Lipinski definition) is 1. The molecule has 0 aliphatic heterocycles. The summed E-state index contributed by atoms with van der Waals surface area (Å²) in [6.07, 6.45) is -0.266. The van der Waals surface area contributed by atoms with E-state index in [1.165, 1.54) is 11.8 Å². The van der Waals surface area contributed by atoms with Crippen molar-refractivity contribution in [3.8, 4) is 5.75 Å². The van der Waals surface area contributed by atoms with Gasteiger partial charge in [0, 0.05) is 17.6 Å². The summed E-state index contributed by atoms with van der Waals surface area (Å²) in [5.74, 6) is 1.72. The molecule has 4 rings (SSSR count). The second-order valence-corrected chi connectivity index (χ2v) is 8.97. The number of anilines is 1. The van der Waals surface area contributed by atoms with Gasteiger partial charge in [-0.3, -0.25) is 4.79 Å². The van der Waals surface area contributed by atoms with E-state index in [0.29, 0.717) is 11.7 Å². The summed E-state index contributed by atoms with van der Waals surface area (Å²) >= 11 is 1.38. The zero-order chi connectivity index (χ0) is 23.4. The molecular weight excluding hydrogens is 432 g/mol. The van der Waals surface area contributed by atoms with Crippen molar-refractivity contribution in [3.63, 3.8) is 0 Å². The molecule has 33 heavy (non-hydrogen) atoms. The number of rotatable bonds is 8. The van der Waals surface area contributed by atoms with Crippen LogP contribution in [-0.2, 0) is 11.3 Å². The maximum Gasteiger partial charge on any atom is 0.234 e. The fourth-order valence-corrected chi connectivity index (χ4v) is 4.72. The standard InChI is InChI=1S/C26H28N4O2S/c1-5-30-25(19(4)32-21-14-17(2)13-18(3)15-21)28-29-26(30)33-16-24(31)27-23-12-8-10-20-9-6-7-11-22(20)23/h6-15,19H,5,16H2,1-4H3,(H,27,31). The molecule has 0 fully saturated rings. The van der Waals surface area contributed by atoms with Crippen LogP contribution in [-0.4, -0.2) is 26.4 Å². The Bertz CT molecular complexity index is 1260. The molecule has 0 saturated heterocycles. The van der Waals surface area contributed by atoms with Crippen LogP contribution in [0.15, 0.2) is 65.8 Å². The molecule has 1 amide bonds. The number of fused-ring (bicyclic) bond motifs is 1. The number of aryl methyl sites for hydroxylation is 2. The Labute approximate surface area is 198 Å². The van der Waals surface area contributed by atoms with Crippen LogP contribution in [0.25, 0.3) is 10.8 Å². The number of ether oxygens (including phenoxy) is 1. The van der Waals surface area contributed by atoms with Gasteiger partial charge >= 0.3 is 0 Å². The number of nitrogens with one attached hydrogen (secondary N) is 1. The number of carbonyl (C=O) groups is 1. The second kappa shape index (κ2) is 10.1. The number of thioether (sulfide) groups is 1. The zero-order valence-electron chi connectivity index (χ0n) is 19.3. The number of carbonyl (C=O) groups excluding carboxylic acids is 1. The number of amides is 1. The lowest BCUT2D eigenvalue weighted by molar-refractivity contribution is -0.113. The predicted octanol–water partition coefficient (Wildman–Crippen LogP) is 5.94. The number of aromatic nitrogens is 3. The van der Waals surface area contributed by atoms with E-state index >= 15 is 0 Å². The summed E-state index contributed by atoms with van der Waals surface area (Å²) in [6.45, 7) is 8.80. The normalized spacial score (nSPS) is 12.0. The smallest absolute Gasteiger partial charge is 0.234 e. The van der Waals surface area contributed by atoms with Gasteiger partial charge in [0.25, 0.3) is 0 Å². The highest BCUT2D eigenvalue weighted by atomic mass is 32.2. The van der Waals surface area contributed by atoms with E-state index in [4.69, 9.17) is 4.74 Å². The first-order valence-corrected chi connectivity index (χ1v) is 12.0. The molecule has 3 aromatic carbocycles. The van der Waals surface area contributed by atoms with Crippen molar-refractivity contribution >= 4 is 34.1 Å². The third-order valence-electron chi connectivity index (χ3n) is 5.33. The van der Waals surface area contributed by atoms with Crippen molar-refractivity contribution in [2.75, 3.05) is 11.1 Å². The molecule has 1 N–H and O–H groups in total. The molecule has 4 aromatic rings. The summed E-state index contributed by atoms with van der Waals surface area (Å²) in [5.41, 5.74) is 3.12. The molecule has 0 bridgehead atoms. The second-order valence-electron chi connectivity index (χ2n) is 8.03. The lowest BCUT2D eigenvalue weighted by atomic mass is 10.1. The van der Waals surface area contributed by atoms with E-state index in [9.17, 15) is 4.79 Å². The summed E-state index contributed by atoms with van der Waals surface area (Å²) in [5, 5.41) is 14.5. The summed E-state index contributed by atoms with van der Waals surface area (Å²) in [4.78, 5) is 12.7. The SMILES string of the molecule is CCn1c(SCC(=O)Nc2cccc3ccccc23)nnc1C(C)Oc1cc(C)cc(C)c1. The van der Waals surface area contributed by atoms with E-state index in [1.807, 2.05) is 73.0 Å². The van der Waals surface area contributed by atoms with Gasteiger partial charge in [-0.15, -0.1) is 10.2 Å². The minimum absolute atomic E-state index is 0.0805. The maximum atomic E-state index is 12.7. The average Bonchev–Trinajstić information content (AvgIpc) is 3.20. The topological polar surface area (TPSA) is 69.0 Å². The van der Waals surface area contributed by atoms with Crippen molar-refractivity contribution in [3.05, 3.63) is 77.6 Å². The Morgan fingerprint density at radius 3 is 2.55 bits per heavy atom. The van der Waals surface area contributed by atoms with E-state index in [2.05, 4.69) is 35.4 Å². The third-order valence-corrected chi connectivity index (χ3v) is 6.30. The molecular formula is C26H28N4O2S. The van der Waals surface area contributed by atoms with Crippen molar-refractivity contribution < 1.29 is 9.53 Å². The van der Waals surface area contributed by atoms with E-state index < -0.39 is 0 Å². The van der Waals surface area contributed by atoms with E-state index in [1.54, 1.807) is 0 Å². The van der Waals surface area contributed by atoms with Gasteiger partial charge in [-0.25, -0.2) is 0 Å². The molecule has 0 spiro atoms. The van der Waals surface area contributed by atoms with Gasteiger partial charge in [-0.2, -0.15) is 0 Å². The Kier molecular flexibility index (Phi) is 6.99. The molecule has 170 valence electrons. The monoisotopic (exact) mass is 460 g/mol. The highest BCUT2D eigenvalue weighted by Gasteiger charge is 2.20. The first kappa shape index (κ1) is 22.9. The van der Waals surface area contributed by atoms with Gasteiger partial charge < -0.3 is 14.6 Å². The van der Waals surface area contributed by atoms with Crippen LogP contribution in [0.5, 0.6) is 5.75 Å². The Balaban J connectivity index is 1.43. The van der Waals surface area contributed by atoms with Crippen LogP contribution >= 0.6 is 11.8 Å². The van der Waals surface area contributed by atoms with Crippen molar-refractivity contribution in [2.45, 2.75) is 45.5 Å². The van der Waals surface area contributed by atoms with Crippen molar-refractivity contribution in [2.24, 2.45) is 0 Å². The fraction of sp³-hybridized carbons (Fsp3) is 0.269. The highest BCUT2D eigenvalue weighted by Crippen LogP contribution is 2.27. The number of benzene rings is 3. The van der Waals surface area contributed by atoms with Crippen LogP contribution in [0.2, 0.25) is 0 Å². The minimum atomic E-state index is -0.266. The molecule has 1 unspecified atom stereocenters. The van der Waals surface area contributed by atoms with Crippen LogP contribution in [0.1, 0.15) is 36.9 Å². The van der Waals surface area contributed by atoms with Gasteiger partial charge in [0.15, 0.2) is 17.1 Å². The first-order valence-electron chi connectivity index (χ1n) is 11.0. The Morgan fingerprint density at radius 2 is 1.79 bits per heavy atom. The molecule has 0 aliphatic rings. The largest absolute Gasteiger partial charge is 0.483 e. The van der Waals surface area contributed by atoms with Crippen molar-refractivity contribution in [1.82, 2.24) is 14.8 Å². The average molecular weight is 461 g/mol. The first-order chi connectivity index (χ1) is 15.9. The maximum absolute atomic E-state index is 12.7. The summed E-state index contributed by atoms with van der Waals surface area (Å²) < 4.78 is 8.15. The molecule has 0 radical (unpaired) electrons. The molecule has 0 aliphatic carbocycles. The fourth-order valence-electron chi connectivity index (χ4n) is 3.91. The molecule has 7 heteroatoms. The van der Waals surface area contributed by atoms with Crippen LogP contribution < -0.4 is 10.1 Å². The third kappa shape index (κ3) is 5.37. The molecule has 1 aromatic heterocycles. The van der Waals surface area contributed by atoms with E-state index in [-0.39, 0.29) is 17.8 Å². The quantitative estimate of drug-likeness (QED) is 0.330. The van der Waals surface area contributed by atoms with Crippen LogP contribution in [0.3, 0.4) is 0 Å². The summed E-state index contributed by atoms with van der Waals surface area (Å²) in [6, 6.07) is 20.1. The zero-order valence-corrected chi connectivity index (χ0v) is 20.1. The highest BCUT2D eigenvalue weighted by molar-refractivity contribution is 7.99. The predicted molar refractivity (Wildman–Crippen MR) is 134 cm³/mol. The van der Waals surface area contributed by atoms with Gasteiger partial charge in [0.2, 0.25) is 5.91 Å². The Hall–Kier alpha value is -3.32. The van der Waals surface area contributed by atoms with Gasteiger partial charge in [-0.1, -0.05) is 54.2 Å². The minimum Gasteiger partial charge on any atom is -0.483 e. The molecule has 1 atom stereocenters. The number of nitrogens with zero attached hydrogens (tertiary/aromatic N) is 3. The van der Waals surface area contributed by atoms with Crippen LogP contribution in [0, 0.1) is 13.8 Å². The lowest BCUT2D eigenvalue weighted by Gasteiger charge is -2.16. The van der Waals surface area contributed by atoms with Gasteiger partial charge in [0.1, 0.15) is 5.75 Å². The van der Waals surface area contributed by atoms with Crippen LogP contribution in [0.4, 0.5) is 5.69 Å². The molecule has 0 saturated carbocycles. The van der Waals surface area contributed by atoms with E-state index in [0.717, 1.165) is 39.2 Å². The molecule has 6 nitrogen and oxygen atoms in total. The van der Waals surface area contributed by atoms with Crippen molar-refractivity contribution in [1.29, 1.82) is 0 Å². The Morgan fingerprint density at radius 1 is 1.06 bits per heavy atom. The molecule has 1 heterocycles. The lowest BCUT2D eigenvalue weighted by Crippen LogP contribution is -2.15. The number of hydrogen-bond acceptors (Lipinski definition) is 5. The van der Waals surface area contributed by atoms with Gasteiger partial charge in [0.05, 0.1) is 5.75 Å². The summed E-state index contributed by atoms with van der Waals surface area (Å²) in [7, 11) is 0.